The summed E-state index contributed by atoms with van der Waals surface area (Å²) >= 11 is 6.19. The van der Waals surface area contributed by atoms with E-state index in [0.717, 1.165) is 37.9 Å². The minimum Gasteiger partial charge on any atom is -0.325 e. The summed E-state index contributed by atoms with van der Waals surface area (Å²) in [6.07, 6.45) is 4.80. The first-order valence-corrected chi connectivity index (χ1v) is 9.41. The van der Waals surface area contributed by atoms with Crippen LogP contribution in [0.5, 0.6) is 0 Å². The van der Waals surface area contributed by atoms with E-state index in [1.807, 2.05) is 18.2 Å². The minimum absolute atomic E-state index is 0.0647. The molecule has 1 saturated heterocycles. The smallest absolute Gasteiger partial charge is 0.250 e. The number of amides is 1. The normalized spacial score (nSPS) is 20.7. The lowest BCUT2D eigenvalue weighted by Gasteiger charge is -2.23. The molecule has 136 valence electrons. The summed E-state index contributed by atoms with van der Waals surface area (Å²) in [5.41, 5.74) is 1.60. The molecule has 1 aliphatic carbocycles. The van der Waals surface area contributed by atoms with E-state index in [0.29, 0.717) is 17.3 Å². The van der Waals surface area contributed by atoms with Crippen LogP contribution < -0.4 is 16.2 Å². The van der Waals surface area contributed by atoms with E-state index in [-0.39, 0.29) is 22.8 Å². The summed E-state index contributed by atoms with van der Waals surface area (Å²) in [6, 6.07) is 10.6. The maximum Gasteiger partial charge on any atom is 0.250 e. The Labute approximate surface area is 157 Å². The molecule has 1 saturated carbocycles. The molecular weight excluding hydrogens is 350 g/mol. The highest BCUT2D eigenvalue weighted by atomic mass is 35.5. The number of nitrogens with zero attached hydrogens (tertiary/aromatic N) is 1. The zero-order chi connectivity index (χ0) is 18.1. The van der Waals surface area contributed by atoms with Crippen LogP contribution in [0.1, 0.15) is 24.8 Å². The molecule has 1 amide bonds. The third-order valence-electron chi connectivity index (χ3n) is 5.66. The standard InChI is InChI=1S/C20H22ClN3O2/c21-17-4-2-1-3-14(17)12-24-13-15(5-6-18(24)25)23-19(26)16-11-20(16)7-9-22-10-8-20/h1-6,13,16,22H,7-12H2,(H,23,26). The number of nitrogens with one attached hydrogen (secondary N) is 2. The van der Waals surface area contributed by atoms with Gasteiger partial charge >= 0.3 is 0 Å². The van der Waals surface area contributed by atoms with Gasteiger partial charge in [-0.2, -0.15) is 0 Å². The lowest BCUT2D eigenvalue weighted by atomic mass is 9.92. The van der Waals surface area contributed by atoms with Crippen molar-refractivity contribution in [2.75, 3.05) is 18.4 Å². The van der Waals surface area contributed by atoms with Crippen LogP contribution in [0.3, 0.4) is 0 Å². The molecule has 1 unspecified atom stereocenters. The molecule has 2 heterocycles. The number of halogens is 1. The van der Waals surface area contributed by atoms with Crippen molar-refractivity contribution < 1.29 is 4.79 Å². The van der Waals surface area contributed by atoms with Crippen molar-refractivity contribution in [1.82, 2.24) is 9.88 Å². The summed E-state index contributed by atoms with van der Waals surface area (Å²) < 4.78 is 1.57. The van der Waals surface area contributed by atoms with Crippen molar-refractivity contribution in [1.29, 1.82) is 0 Å². The van der Waals surface area contributed by atoms with E-state index in [1.54, 1.807) is 22.9 Å². The third kappa shape index (κ3) is 3.41. The number of aromatic nitrogens is 1. The number of anilines is 1. The fourth-order valence-electron chi connectivity index (χ4n) is 3.96. The third-order valence-corrected chi connectivity index (χ3v) is 6.02. The molecule has 1 aromatic carbocycles. The number of benzene rings is 1. The Kier molecular flexibility index (Phi) is 4.59. The summed E-state index contributed by atoms with van der Waals surface area (Å²) in [4.78, 5) is 24.8. The number of pyridine rings is 1. The van der Waals surface area contributed by atoms with Crippen molar-refractivity contribution >= 4 is 23.2 Å². The molecule has 1 spiro atoms. The molecule has 0 bridgehead atoms. The Morgan fingerprint density at radius 1 is 1.23 bits per heavy atom. The molecule has 26 heavy (non-hydrogen) atoms. The molecule has 1 atom stereocenters. The van der Waals surface area contributed by atoms with Crippen LogP contribution in [-0.2, 0) is 11.3 Å². The summed E-state index contributed by atoms with van der Waals surface area (Å²) in [7, 11) is 0. The predicted octanol–water partition coefficient (Wildman–Crippen LogP) is 2.88. The van der Waals surface area contributed by atoms with Gasteiger partial charge in [-0.15, -0.1) is 0 Å². The molecule has 0 radical (unpaired) electrons. The topological polar surface area (TPSA) is 63.1 Å². The Balaban J connectivity index is 1.47. The number of rotatable bonds is 4. The molecule has 2 aromatic rings. The molecule has 2 N–H and O–H groups in total. The summed E-state index contributed by atoms with van der Waals surface area (Å²) in [5, 5.41) is 6.97. The van der Waals surface area contributed by atoms with Gasteiger partial charge in [-0.25, -0.2) is 0 Å². The van der Waals surface area contributed by atoms with Gasteiger partial charge in [0.25, 0.3) is 5.56 Å². The van der Waals surface area contributed by atoms with Crippen LogP contribution in [0.25, 0.3) is 0 Å². The lowest BCUT2D eigenvalue weighted by molar-refractivity contribution is -0.118. The highest BCUT2D eigenvalue weighted by Gasteiger charge is 2.57. The van der Waals surface area contributed by atoms with Gasteiger partial charge < -0.3 is 15.2 Å². The minimum atomic E-state index is -0.121. The molecule has 4 rings (SSSR count). The highest BCUT2D eigenvalue weighted by Crippen LogP contribution is 2.58. The molecular formula is C20H22ClN3O2. The first-order valence-electron chi connectivity index (χ1n) is 9.03. The van der Waals surface area contributed by atoms with Gasteiger partial charge in [-0.1, -0.05) is 29.8 Å². The average Bonchev–Trinajstić information content (AvgIpc) is 3.33. The van der Waals surface area contributed by atoms with E-state index in [1.165, 1.54) is 6.07 Å². The Morgan fingerprint density at radius 2 is 2.00 bits per heavy atom. The van der Waals surface area contributed by atoms with Gasteiger partial charge in [-0.3, -0.25) is 9.59 Å². The zero-order valence-corrected chi connectivity index (χ0v) is 15.3. The Morgan fingerprint density at radius 3 is 2.77 bits per heavy atom. The molecule has 1 aliphatic heterocycles. The van der Waals surface area contributed by atoms with Crippen LogP contribution in [0.2, 0.25) is 5.02 Å². The Hall–Kier alpha value is -2.11. The predicted molar refractivity (Wildman–Crippen MR) is 103 cm³/mol. The summed E-state index contributed by atoms with van der Waals surface area (Å²) in [5.74, 6) is 0.156. The first kappa shape index (κ1) is 17.3. The van der Waals surface area contributed by atoms with Gasteiger partial charge in [0, 0.05) is 23.2 Å². The molecule has 2 aliphatic rings. The number of hydrogen-bond acceptors (Lipinski definition) is 3. The van der Waals surface area contributed by atoms with E-state index < -0.39 is 0 Å². The van der Waals surface area contributed by atoms with Gasteiger partial charge in [0.1, 0.15) is 0 Å². The van der Waals surface area contributed by atoms with E-state index >= 15 is 0 Å². The number of carbonyl (C=O) groups excluding carboxylic acids is 1. The van der Waals surface area contributed by atoms with Gasteiger partial charge in [-0.05, 0) is 55.5 Å². The van der Waals surface area contributed by atoms with Gasteiger partial charge in [0.2, 0.25) is 5.91 Å². The van der Waals surface area contributed by atoms with E-state index in [4.69, 9.17) is 11.6 Å². The van der Waals surface area contributed by atoms with Crippen LogP contribution in [0.4, 0.5) is 5.69 Å². The first-order chi connectivity index (χ1) is 12.6. The van der Waals surface area contributed by atoms with Crippen molar-refractivity contribution in [3.05, 3.63) is 63.5 Å². The molecule has 6 heteroatoms. The molecule has 5 nitrogen and oxygen atoms in total. The van der Waals surface area contributed by atoms with Crippen molar-refractivity contribution in [2.45, 2.75) is 25.8 Å². The van der Waals surface area contributed by atoms with Crippen molar-refractivity contribution in [3.63, 3.8) is 0 Å². The number of hydrogen-bond donors (Lipinski definition) is 2. The SMILES string of the molecule is O=C(Nc1ccc(=O)n(Cc2ccccc2Cl)c1)C1CC12CCNCC2. The second-order valence-corrected chi connectivity index (χ2v) is 7.74. The highest BCUT2D eigenvalue weighted by molar-refractivity contribution is 6.31. The van der Waals surface area contributed by atoms with E-state index in [2.05, 4.69) is 10.6 Å². The maximum atomic E-state index is 12.6. The van der Waals surface area contributed by atoms with Gasteiger partial charge in [0.15, 0.2) is 0 Å². The Bertz CT molecular complexity index is 887. The zero-order valence-electron chi connectivity index (χ0n) is 14.5. The van der Waals surface area contributed by atoms with Crippen LogP contribution in [0, 0.1) is 11.3 Å². The van der Waals surface area contributed by atoms with Crippen molar-refractivity contribution in [3.8, 4) is 0 Å². The van der Waals surface area contributed by atoms with Crippen LogP contribution in [0.15, 0.2) is 47.4 Å². The fraction of sp³-hybridized carbons (Fsp3) is 0.400. The van der Waals surface area contributed by atoms with Crippen LogP contribution >= 0.6 is 11.6 Å². The van der Waals surface area contributed by atoms with Gasteiger partial charge in [0.05, 0.1) is 12.2 Å². The van der Waals surface area contributed by atoms with Crippen LogP contribution in [-0.4, -0.2) is 23.6 Å². The van der Waals surface area contributed by atoms with E-state index in [9.17, 15) is 9.59 Å². The monoisotopic (exact) mass is 371 g/mol. The number of carbonyl (C=O) groups is 1. The molecule has 2 fully saturated rings. The molecule has 1 aromatic heterocycles. The number of piperidine rings is 1. The average molecular weight is 372 g/mol. The largest absolute Gasteiger partial charge is 0.325 e. The second-order valence-electron chi connectivity index (χ2n) is 7.33. The maximum absolute atomic E-state index is 12.6. The van der Waals surface area contributed by atoms with Crippen molar-refractivity contribution in [2.24, 2.45) is 11.3 Å². The summed E-state index contributed by atoms with van der Waals surface area (Å²) in [6.45, 7) is 2.36. The lowest BCUT2D eigenvalue weighted by Crippen LogP contribution is -2.31. The second kappa shape index (κ2) is 6.89. The fourth-order valence-corrected chi connectivity index (χ4v) is 4.16. The quantitative estimate of drug-likeness (QED) is 0.868.